The van der Waals surface area contributed by atoms with Crippen molar-refractivity contribution in [1.29, 1.82) is 0 Å². The molecule has 0 amide bonds. The molecule has 116 valence electrons. The molecule has 1 fully saturated rings. The third-order valence-electron chi connectivity index (χ3n) is 3.96. The molecule has 2 rings (SSSR count). The average molecular weight is 291 g/mol. The average Bonchev–Trinajstić information content (AvgIpc) is 2.40. The van der Waals surface area contributed by atoms with Crippen LogP contribution in [-0.2, 0) is 0 Å². The van der Waals surface area contributed by atoms with Crippen molar-refractivity contribution in [2.24, 2.45) is 16.1 Å². The highest BCUT2D eigenvalue weighted by Crippen LogP contribution is 2.42. The Kier molecular flexibility index (Phi) is 4.42. The molecule has 2 atom stereocenters. The van der Waals surface area contributed by atoms with Gasteiger partial charge in [-0.3, -0.25) is 0 Å². The first-order valence-electron chi connectivity index (χ1n) is 7.34. The lowest BCUT2D eigenvalue weighted by Gasteiger charge is -2.46. The number of hydrogen-bond donors (Lipinski definition) is 3. The van der Waals surface area contributed by atoms with Crippen LogP contribution in [0, 0.1) is 5.41 Å². The van der Waals surface area contributed by atoms with Crippen molar-refractivity contribution >= 4 is 11.6 Å². The Labute approximate surface area is 126 Å². The highest BCUT2D eigenvalue weighted by atomic mass is 16.5. The number of aliphatic hydroxyl groups excluding tert-OH is 1. The van der Waals surface area contributed by atoms with E-state index in [1.807, 2.05) is 52.0 Å². The van der Waals surface area contributed by atoms with Crippen molar-refractivity contribution < 1.29 is 9.84 Å². The molecule has 1 aromatic rings. The van der Waals surface area contributed by atoms with E-state index in [9.17, 15) is 5.11 Å². The highest BCUT2D eigenvalue weighted by molar-refractivity contribution is 5.92. The van der Waals surface area contributed by atoms with E-state index in [2.05, 4.69) is 10.3 Å². The molecule has 0 aromatic heterocycles. The number of nitrogens with zero attached hydrogens (tertiary/aromatic N) is 1. The first kappa shape index (κ1) is 15.6. The van der Waals surface area contributed by atoms with E-state index in [0.29, 0.717) is 12.4 Å². The van der Waals surface area contributed by atoms with Crippen LogP contribution in [0.3, 0.4) is 0 Å². The molecule has 0 saturated heterocycles. The lowest BCUT2D eigenvalue weighted by Crippen LogP contribution is -2.53. The Morgan fingerprint density at radius 1 is 1.38 bits per heavy atom. The molecule has 1 aliphatic rings. The van der Waals surface area contributed by atoms with Gasteiger partial charge in [-0.25, -0.2) is 4.99 Å². The molecule has 0 radical (unpaired) electrons. The van der Waals surface area contributed by atoms with Crippen molar-refractivity contribution in [3.8, 4) is 5.75 Å². The third-order valence-corrected chi connectivity index (χ3v) is 3.96. The van der Waals surface area contributed by atoms with Crippen LogP contribution < -0.4 is 15.8 Å². The van der Waals surface area contributed by atoms with Crippen LogP contribution >= 0.6 is 0 Å². The molecule has 0 heterocycles. The summed E-state index contributed by atoms with van der Waals surface area (Å²) in [5.74, 6) is 1.20. The summed E-state index contributed by atoms with van der Waals surface area (Å²) in [6.45, 7) is 7.98. The number of aliphatic imine (C=N–C) groups is 1. The molecular formula is C16H25N3O2. The second-order valence-corrected chi connectivity index (χ2v) is 6.42. The van der Waals surface area contributed by atoms with Gasteiger partial charge < -0.3 is 20.9 Å². The molecule has 21 heavy (non-hydrogen) atoms. The minimum Gasteiger partial charge on any atom is -0.491 e. The molecule has 0 bridgehead atoms. The summed E-state index contributed by atoms with van der Waals surface area (Å²) in [6, 6.07) is 7.66. The van der Waals surface area contributed by atoms with Gasteiger partial charge in [0.25, 0.3) is 0 Å². The maximum atomic E-state index is 9.71. The third kappa shape index (κ3) is 3.67. The van der Waals surface area contributed by atoms with E-state index in [-0.39, 0.29) is 23.7 Å². The van der Waals surface area contributed by atoms with Crippen molar-refractivity contribution in [3.05, 3.63) is 24.3 Å². The minimum absolute atomic E-state index is 0.0588. The molecule has 5 nitrogen and oxygen atoms in total. The van der Waals surface area contributed by atoms with Gasteiger partial charge in [-0.2, -0.15) is 0 Å². The SMILES string of the molecule is CC(C)Oc1ccc(NC(N)=NC2CC(O)C2(C)C)cc1. The Morgan fingerprint density at radius 3 is 2.48 bits per heavy atom. The maximum absolute atomic E-state index is 9.71. The van der Waals surface area contributed by atoms with Crippen LogP contribution in [0.2, 0.25) is 0 Å². The van der Waals surface area contributed by atoms with E-state index < -0.39 is 0 Å². The van der Waals surface area contributed by atoms with Gasteiger partial charge in [0.15, 0.2) is 5.96 Å². The molecule has 1 aliphatic carbocycles. The van der Waals surface area contributed by atoms with Crippen molar-refractivity contribution in [3.63, 3.8) is 0 Å². The fourth-order valence-electron chi connectivity index (χ4n) is 2.34. The zero-order valence-corrected chi connectivity index (χ0v) is 13.1. The number of guanidine groups is 1. The Morgan fingerprint density at radius 2 is 2.00 bits per heavy atom. The van der Waals surface area contributed by atoms with E-state index >= 15 is 0 Å². The van der Waals surface area contributed by atoms with Gasteiger partial charge in [0.05, 0.1) is 18.2 Å². The number of nitrogens with one attached hydrogen (secondary N) is 1. The summed E-state index contributed by atoms with van der Waals surface area (Å²) >= 11 is 0. The summed E-state index contributed by atoms with van der Waals surface area (Å²) in [5.41, 5.74) is 6.59. The van der Waals surface area contributed by atoms with Gasteiger partial charge in [0.1, 0.15) is 5.75 Å². The largest absolute Gasteiger partial charge is 0.491 e. The fraction of sp³-hybridized carbons (Fsp3) is 0.562. The number of ether oxygens (including phenoxy) is 1. The first-order chi connectivity index (χ1) is 9.79. The van der Waals surface area contributed by atoms with E-state index in [4.69, 9.17) is 10.5 Å². The number of hydrogen-bond acceptors (Lipinski definition) is 3. The normalized spacial score (nSPS) is 24.6. The van der Waals surface area contributed by atoms with Crippen LogP contribution in [0.15, 0.2) is 29.3 Å². The van der Waals surface area contributed by atoms with Crippen LogP contribution in [0.5, 0.6) is 5.75 Å². The fourth-order valence-corrected chi connectivity index (χ4v) is 2.34. The minimum atomic E-state index is -0.300. The van der Waals surface area contributed by atoms with Crippen LogP contribution in [0.4, 0.5) is 5.69 Å². The Hall–Kier alpha value is -1.75. The number of aliphatic hydroxyl groups is 1. The molecule has 0 aliphatic heterocycles. The molecule has 0 spiro atoms. The summed E-state index contributed by atoms with van der Waals surface area (Å²) in [5, 5.41) is 12.8. The number of nitrogens with two attached hydrogens (primary N) is 1. The van der Waals surface area contributed by atoms with Gasteiger partial charge in [0, 0.05) is 11.1 Å². The van der Waals surface area contributed by atoms with E-state index in [1.165, 1.54) is 0 Å². The van der Waals surface area contributed by atoms with Gasteiger partial charge in [-0.1, -0.05) is 13.8 Å². The smallest absolute Gasteiger partial charge is 0.193 e. The van der Waals surface area contributed by atoms with E-state index in [0.717, 1.165) is 11.4 Å². The Balaban J connectivity index is 1.95. The summed E-state index contributed by atoms with van der Waals surface area (Å²) in [7, 11) is 0. The number of benzene rings is 1. The van der Waals surface area contributed by atoms with Gasteiger partial charge in [0.2, 0.25) is 0 Å². The Bertz CT molecular complexity index is 509. The zero-order valence-electron chi connectivity index (χ0n) is 13.1. The molecular weight excluding hydrogens is 266 g/mol. The van der Waals surface area contributed by atoms with E-state index in [1.54, 1.807) is 0 Å². The van der Waals surface area contributed by atoms with Crippen molar-refractivity contribution in [1.82, 2.24) is 0 Å². The van der Waals surface area contributed by atoms with Gasteiger partial charge >= 0.3 is 0 Å². The molecule has 5 heteroatoms. The first-order valence-corrected chi connectivity index (χ1v) is 7.34. The topological polar surface area (TPSA) is 79.9 Å². The van der Waals surface area contributed by atoms with Crippen LogP contribution in [-0.4, -0.2) is 29.3 Å². The summed E-state index contributed by atoms with van der Waals surface area (Å²) < 4.78 is 5.59. The van der Waals surface area contributed by atoms with Crippen molar-refractivity contribution in [2.45, 2.75) is 52.4 Å². The van der Waals surface area contributed by atoms with Crippen LogP contribution in [0.1, 0.15) is 34.1 Å². The summed E-state index contributed by atoms with van der Waals surface area (Å²) in [4.78, 5) is 4.44. The molecule has 2 unspecified atom stereocenters. The monoisotopic (exact) mass is 291 g/mol. The van der Waals surface area contributed by atoms with Crippen molar-refractivity contribution in [2.75, 3.05) is 5.32 Å². The molecule has 4 N–H and O–H groups in total. The number of rotatable bonds is 4. The predicted octanol–water partition coefficient (Wildman–Crippen LogP) is 2.36. The standard InChI is InChI=1S/C16H25N3O2/c1-10(2)21-12-7-5-11(6-8-12)18-15(17)19-13-9-14(20)16(13,3)4/h5-8,10,13-14,20H,9H2,1-4H3,(H3,17,18,19). The van der Waals surface area contributed by atoms with Gasteiger partial charge in [-0.15, -0.1) is 0 Å². The highest BCUT2D eigenvalue weighted by Gasteiger charge is 2.47. The summed E-state index contributed by atoms with van der Waals surface area (Å²) in [6.07, 6.45) is 0.519. The second kappa shape index (κ2) is 5.93. The van der Waals surface area contributed by atoms with Gasteiger partial charge in [-0.05, 0) is 44.5 Å². The second-order valence-electron chi connectivity index (χ2n) is 6.42. The molecule has 1 saturated carbocycles. The quantitative estimate of drug-likeness (QED) is 0.587. The number of anilines is 1. The maximum Gasteiger partial charge on any atom is 0.193 e. The zero-order chi connectivity index (χ0) is 15.6. The van der Waals surface area contributed by atoms with Crippen LogP contribution in [0.25, 0.3) is 0 Å². The predicted molar refractivity (Wildman–Crippen MR) is 85.6 cm³/mol. The lowest BCUT2D eigenvalue weighted by atomic mass is 9.65. The lowest BCUT2D eigenvalue weighted by molar-refractivity contribution is -0.0576. The molecule has 1 aromatic carbocycles.